The van der Waals surface area contributed by atoms with Crippen LogP contribution in [0.5, 0.6) is 0 Å². The van der Waals surface area contributed by atoms with E-state index < -0.39 is 11.5 Å². The summed E-state index contributed by atoms with van der Waals surface area (Å²) in [5.74, 6) is -0.817. The minimum absolute atomic E-state index is 0.0426. The van der Waals surface area contributed by atoms with Crippen LogP contribution in [0.4, 0.5) is 0 Å². The molecule has 0 saturated heterocycles. The molecule has 0 aliphatic rings. The smallest absolute Gasteiger partial charge is 0.303 e. The number of nitrogens with one attached hydrogen (secondary N) is 2. The Morgan fingerprint density at radius 3 is 2.11 bits per heavy atom. The lowest BCUT2D eigenvalue weighted by Crippen LogP contribution is -2.51. The van der Waals surface area contributed by atoms with Crippen LogP contribution >= 0.6 is 0 Å². The predicted octanol–water partition coefficient (Wildman–Crippen LogP) is 1.38. The Kier molecular flexibility index (Phi) is 6.32. The van der Waals surface area contributed by atoms with E-state index in [-0.39, 0.29) is 17.7 Å². The van der Waals surface area contributed by atoms with Crippen molar-refractivity contribution in [3.63, 3.8) is 0 Å². The van der Waals surface area contributed by atoms with Crippen LogP contribution in [0, 0.1) is 5.41 Å². The largest absolute Gasteiger partial charge is 0.481 e. The lowest BCUT2D eigenvalue weighted by molar-refractivity contribution is -0.137. The van der Waals surface area contributed by atoms with Crippen molar-refractivity contribution in [2.75, 3.05) is 13.6 Å². The van der Waals surface area contributed by atoms with Crippen LogP contribution in [0.25, 0.3) is 0 Å². The molecule has 1 amide bonds. The van der Waals surface area contributed by atoms with Crippen molar-refractivity contribution in [2.45, 2.75) is 52.5 Å². The van der Waals surface area contributed by atoms with E-state index in [0.717, 1.165) is 6.42 Å². The summed E-state index contributed by atoms with van der Waals surface area (Å²) in [6.45, 7) is 8.24. The minimum atomic E-state index is -0.775. The molecule has 0 unspecified atom stereocenters. The Labute approximate surface area is 109 Å². The predicted molar refractivity (Wildman–Crippen MR) is 71.4 cm³/mol. The summed E-state index contributed by atoms with van der Waals surface area (Å²) in [6.07, 6.45) is 1.56. The number of hydrogen-bond acceptors (Lipinski definition) is 3. The zero-order valence-electron chi connectivity index (χ0n) is 12.1. The molecule has 0 aromatic heterocycles. The first-order chi connectivity index (χ1) is 8.10. The Hall–Kier alpha value is -1.10. The maximum absolute atomic E-state index is 11.8. The van der Waals surface area contributed by atoms with Gasteiger partial charge in [-0.3, -0.25) is 9.59 Å². The molecule has 0 aliphatic heterocycles. The van der Waals surface area contributed by atoms with Gasteiger partial charge in [0.2, 0.25) is 5.91 Å². The van der Waals surface area contributed by atoms with E-state index in [9.17, 15) is 9.59 Å². The molecule has 0 aliphatic carbocycles. The first-order valence-corrected chi connectivity index (χ1v) is 6.30. The van der Waals surface area contributed by atoms with Crippen molar-refractivity contribution in [1.82, 2.24) is 10.6 Å². The molecule has 0 spiro atoms. The molecule has 0 rings (SSSR count). The van der Waals surface area contributed by atoms with Crippen LogP contribution in [0.15, 0.2) is 0 Å². The average Bonchev–Trinajstić information content (AvgIpc) is 2.26. The minimum Gasteiger partial charge on any atom is -0.481 e. The van der Waals surface area contributed by atoms with Gasteiger partial charge in [-0.25, -0.2) is 0 Å². The number of carbonyl (C=O) groups is 2. The fourth-order valence-electron chi connectivity index (χ4n) is 1.42. The Bertz CT molecular complexity index is 299. The molecule has 0 saturated carbocycles. The van der Waals surface area contributed by atoms with Gasteiger partial charge in [0, 0.05) is 13.0 Å². The van der Waals surface area contributed by atoms with Crippen LogP contribution in [0.3, 0.4) is 0 Å². The maximum atomic E-state index is 11.8. The molecule has 0 atom stereocenters. The van der Waals surface area contributed by atoms with Gasteiger partial charge in [0.25, 0.3) is 0 Å². The number of aliphatic carboxylic acids is 1. The Balaban J connectivity index is 4.03. The summed E-state index contributed by atoms with van der Waals surface area (Å²) < 4.78 is 0. The van der Waals surface area contributed by atoms with Gasteiger partial charge < -0.3 is 15.7 Å². The fourth-order valence-corrected chi connectivity index (χ4v) is 1.42. The van der Waals surface area contributed by atoms with E-state index in [1.165, 1.54) is 0 Å². The summed E-state index contributed by atoms with van der Waals surface area (Å²) in [5, 5.41) is 14.5. The molecule has 0 aromatic carbocycles. The lowest BCUT2D eigenvalue weighted by atomic mass is 9.84. The fraction of sp³-hybridized carbons (Fsp3) is 0.846. The van der Waals surface area contributed by atoms with E-state index in [1.54, 1.807) is 7.05 Å². The zero-order valence-corrected chi connectivity index (χ0v) is 12.1. The van der Waals surface area contributed by atoms with Gasteiger partial charge in [-0.05, 0) is 39.2 Å². The Morgan fingerprint density at radius 2 is 1.67 bits per heavy atom. The molecule has 0 heterocycles. The monoisotopic (exact) mass is 258 g/mol. The SMILES string of the molecule is CNC(C)(C)C(=O)NCCC(C)(C)CCC(=O)O. The summed E-state index contributed by atoms with van der Waals surface area (Å²) in [6, 6.07) is 0. The molecule has 0 fully saturated rings. The first-order valence-electron chi connectivity index (χ1n) is 6.30. The summed E-state index contributed by atoms with van der Waals surface area (Å²) >= 11 is 0. The second kappa shape index (κ2) is 6.73. The van der Waals surface area contributed by atoms with Crippen molar-refractivity contribution >= 4 is 11.9 Å². The van der Waals surface area contributed by atoms with Gasteiger partial charge in [-0.15, -0.1) is 0 Å². The lowest BCUT2D eigenvalue weighted by Gasteiger charge is -2.26. The van der Waals surface area contributed by atoms with Crippen LogP contribution in [0.2, 0.25) is 0 Å². The van der Waals surface area contributed by atoms with Crippen molar-refractivity contribution in [1.29, 1.82) is 0 Å². The van der Waals surface area contributed by atoms with Crippen molar-refractivity contribution in [3.8, 4) is 0 Å². The quantitative estimate of drug-likeness (QED) is 0.614. The highest BCUT2D eigenvalue weighted by Gasteiger charge is 2.25. The third-order valence-corrected chi connectivity index (χ3v) is 3.30. The summed E-state index contributed by atoms with van der Waals surface area (Å²) in [5.41, 5.74) is -0.652. The van der Waals surface area contributed by atoms with Crippen LogP contribution in [-0.2, 0) is 9.59 Å². The van der Waals surface area contributed by atoms with Gasteiger partial charge in [-0.2, -0.15) is 0 Å². The summed E-state index contributed by atoms with van der Waals surface area (Å²) in [7, 11) is 1.75. The van der Waals surface area contributed by atoms with E-state index in [4.69, 9.17) is 5.11 Å². The standard InChI is InChI=1S/C13H26N2O3/c1-12(2,7-6-10(16)17)8-9-15-11(18)13(3,4)14-5/h14H,6-9H2,1-5H3,(H,15,18)(H,16,17). The third kappa shape index (κ3) is 6.59. The Morgan fingerprint density at radius 1 is 1.11 bits per heavy atom. The number of carboxylic acids is 1. The molecule has 0 aromatic rings. The number of carbonyl (C=O) groups excluding carboxylic acids is 1. The van der Waals surface area contributed by atoms with Gasteiger partial charge in [-0.1, -0.05) is 13.8 Å². The molecule has 106 valence electrons. The highest BCUT2D eigenvalue weighted by Crippen LogP contribution is 2.26. The van der Waals surface area contributed by atoms with Gasteiger partial charge in [0.15, 0.2) is 0 Å². The average molecular weight is 258 g/mol. The molecule has 5 nitrogen and oxygen atoms in total. The van der Waals surface area contributed by atoms with Gasteiger partial charge >= 0.3 is 5.97 Å². The second-order valence-corrected chi connectivity index (χ2v) is 5.94. The molecule has 18 heavy (non-hydrogen) atoms. The van der Waals surface area contributed by atoms with Gasteiger partial charge in [0.1, 0.15) is 0 Å². The van der Waals surface area contributed by atoms with E-state index in [0.29, 0.717) is 13.0 Å². The number of hydrogen-bond donors (Lipinski definition) is 3. The van der Waals surface area contributed by atoms with Crippen molar-refractivity contribution in [2.24, 2.45) is 5.41 Å². The highest BCUT2D eigenvalue weighted by atomic mass is 16.4. The third-order valence-electron chi connectivity index (χ3n) is 3.30. The van der Waals surface area contributed by atoms with Crippen LogP contribution in [0.1, 0.15) is 47.0 Å². The number of carboxylic acid groups (broad SMARTS) is 1. The maximum Gasteiger partial charge on any atom is 0.303 e. The molecule has 3 N–H and O–H groups in total. The topological polar surface area (TPSA) is 78.4 Å². The van der Waals surface area contributed by atoms with Crippen molar-refractivity contribution < 1.29 is 14.7 Å². The molecule has 0 bridgehead atoms. The number of likely N-dealkylation sites (N-methyl/N-ethyl adjacent to an activating group) is 1. The van der Waals surface area contributed by atoms with E-state index >= 15 is 0 Å². The molecule has 5 heteroatoms. The normalized spacial score (nSPS) is 12.3. The molecule has 0 radical (unpaired) electrons. The first kappa shape index (κ1) is 16.9. The van der Waals surface area contributed by atoms with Crippen LogP contribution < -0.4 is 10.6 Å². The van der Waals surface area contributed by atoms with Crippen molar-refractivity contribution in [3.05, 3.63) is 0 Å². The summed E-state index contributed by atoms with van der Waals surface area (Å²) in [4.78, 5) is 22.3. The molecular formula is C13H26N2O3. The number of rotatable bonds is 8. The number of amides is 1. The highest BCUT2D eigenvalue weighted by molar-refractivity contribution is 5.85. The van der Waals surface area contributed by atoms with E-state index in [1.807, 2.05) is 27.7 Å². The van der Waals surface area contributed by atoms with E-state index in [2.05, 4.69) is 10.6 Å². The zero-order chi connectivity index (χ0) is 14.4. The second-order valence-electron chi connectivity index (χ2n) is 5.94. The van der Waals surface area contributed by atoms with Gasteiger partial charge in [0.05, 0.1) is 5.54 Å². The van der Waals surface area contributed by atoms with Crippen LogP contribution in [-0.4, -0.2) is 36.1 Å². The molecular weight excluding hydrogens is 232 g/mol.